The Morgan fingerprint density at radius 1 is 1.57 bits per heavy atom. The molecule has 1 unspecified atom stereocenters. The van der Waals surface area contributed by atoms with Crippen LogP contribution >= 0.6 is 0 Å². The van der Waals surface area contributed by atoms with Gasteiger partial charge in [0.25, 0.3) is 0 Å². The topological polar surface area (TPSA) is 44.0 Å². The summed E-state index contributed by atoms with van der Waals surface area (Å²) < 4.78 is 0. The van der Waals surface area contributed by atoms with Gasteiger partial charge in [0.15, 0.2) is 0 Å². The molecule has 0 aromatic carbocycles. The molecule has 2 N–H and O–H groups in total. The predicted molar refractivity (Wildman–Crippen MR) is 28.9 cm³/mol. The highest BCUT2D eigenvalue weighted by Gasteiger charge is 2.17. The van der Waals surface area contributed by atoms with E-state index in [4.69, 9.17) is 10.8 Å². The molecule has 0 aromatic rings. The van der Waals surface area contributed by atoms with Crippen LogP contribution < -0.4 is 5.73 Å². The molecule has 0 aliphatic rings. The summed E-state index contributed by atoms with van der Waals surface area (Å²) in [7, 11) is 0. The maximum Gasteiger partial charge on any atom is 0.0701 e. The van der Waals surface area contributed by atoms with E-state index in [-0.39, 0.29) is 0 Å². The van der Waals surface area contributed by atoms with Crippen LogP contribution in [0.2, 0.25) is 0 Å². The van der Waals surface area contributed by atoms with E-state index in [1.807, 2.05) is 0 Å². The standard InChI is InChI=1S/C5H12NO/c1-4(7)5(2,3)6/h4,6-7H,1-3H3. The Morgan fingerprint density at radius 3 is 1.71 bits per heavy atom. The van der Waals surface area contributed by atoms with Crippen molar-refractivity contribution >= 4 is 0 Å². The molecule has 0 bridgehead atoms. The summed E-state index contributed by atoms with van der Waals surface area (Å²) >= 11 is 0. The van der Waals surface area contributed by atoms with Gasteiger partial charge in [0.05, 0.1) is 11.6 Å². The monoisotopic (exact) mass is 102 g/mol. The first-order valence-electron chi connectivity index (χ1n) is 2.37. The number of rotatable bonds is 1. The van der Waals surface area contributed by atoms with Crippen molar-refractivity contribution in [1.82, 2.24) is 5.73 Å². The Balaban J connectivity index is 3.54. The number of aliphatic hydroxyl groups is 1. The molecule has 0 spiro atoms. The molecule has 2 heteroatoms. The van der Waals surface area contributed by atoms with Crippen LogP contribution in [0.3, 0.4) is 0 Å². The molecular weight excluding hydrogens is 90.1 g/mol. The van der Waals surface area contributed by atoms with E-state index in [0.29, 0.717) is 0 Å². The van der Waals surface area contributed by atoms with Crippen molar-refractivity contribution in [3.05, 3.63) is 0 Å². The quantitative estimate of drug-likeness (QED) is 0.512. The van der Waals surface area contributed by atoms with Crippen molar-refractivity contribution in [3.8, 4) is 0 Å². The number of hydrogen-bond donors (Lipinski definition) is 1. The van der Waals surface area contributed by atoms with Gasteiger partial charge in [-0.2, -0.15) is 0 Å². The number of hydrogen-bond acceptors (Lipinski definition) is 1. The summed E-state index contributed by atoms with van der Waals surface area (Å²) in [5, 5.41) is 8.70. The zero-order chi connectivity index (χ0) is 6.08. The summed E-state index contributed by atoms with van der Waals surface area (Å²) in [5.74, 6) is 0. The molecule has 43 valence electrons. The summed E-state index contributed by atoms with van der Waals surface area (Å²) in [6, 6.07) is 0. The van der Waals surface area contributed by atoms with Crippen molar-refractivity contribution in [2.24, 2.45) is 0 Å². The lowest BCUT2D eigenvalue weighted by Gasteiger charge is -2.19. The van der Waals surface area contributed by atoms with E-state index in [1.165, 1.54) is 0 Å². The Bertz CT molecular complexity index is 53.6. The third-order valence-corrected chi connectivity index (χ3v) is 1.04. The minimum Gasteiger partial charge on any atom is -0.391 e. The Labute approximate surface area is 44.3 Å². The van der Waals surface area contributed by atoms with Gasteiger partial charge in [-0.15, -0.1) is 0 Å². The van der Waals surface area contributed by atoms with Crippen LogP contribution in [0.1, 0.15) is 20.8 Å². The second-order valence-corrected chi connectivity index (χ2v) is 2.40. The lowest BCUT2D eigenvalue weighted by molar-refractivity contribution is 0.117. The lowest BCUT2D eigenvalue weighted by atomic mass is 10.0. The average Bonchev–Trinajstić information content (AvgIpc) is 1.31. The van der Waals surface area contributed by atoms with Crippen LogP contribution in [0.25, 0.3) is 0 Å². The Morgan fingerprint density at radius 2 is 1.71 bits per heavy atom. The van der Waals surface area contributed by atoms with Gasteiger partial charge in [-0.05, 0) is 20.8 Å². The molecule has 0 saturated heterocycles. The molecule has 0 fully saturated rings. The second-order valence-electron chi connectivity index (χ2n) is 2.40. The summed E-state index contributed by atoms with van der Waals surface area (Å²) in [6.45, 7) is 4.97. The van der Waals surface area contributed by atoms with Gasteiger partial charge in [0.1, 0.15) is 0 Å². The largest absolute Gasteiger partial charge is 0.391 e. The van der Waals surface area contributed by atoms with E-state index in [9.17, 15) is 0 Å². The van der Waals surface area contributed by atoms with E-state index < -0.39 is 11.6 Å². The molecule has 0 saturated carbocycles. The summed E-state index contributed by atoms with van der Waals surface area (Å²) in [4.78, 5) is 0. The van der Waals surface area contributed by atoms with Gasteiger partial charge < -0.3 is 5.11 Å². The van der Waals surface area contributed by atoms with E-state index in [2.05, 4.69) is 0 Å². The zero-order valence-corrected chi connectivity index (χ0v) is 5.02. The molecule has 7 heavy (non-hydrogen) atoms. The summed E-state index contributed by atoms with van der Waals surface area (Å²) in [5.41, 5.74) is 6.44. The zero-order valence-electron chi connectivity index (χ0n) is 5.02. The normalized spacial score (nSPS) is 16.7. The van der Waals surface area contributed by atoms with E-state index >= 15 is 0 Å². The molecular formula is C5H12NO. The second kappa shape index (κ2) is 1.80. The van der Waals surface area contributed by atoms with Gasteiger partial charge >= 0.3 is 0 Å². The minimum absolute atomic E-state index is 0.535. The number of aliphatic hydroxyl groups excluding tert-OH is 1. The highest BCUT2D eigenvalue weighted by atomic mass is 16.3. The van der Waals surface area contributed by atoms with Crippen molar-refractivity contribution in [1.29, 1.82) is 0 Å². The first kappa shape index (κ1) is 6.92. The van der Waals surface area contributed by atoms with Gasteiger partial charge in [0, 0.05) is 0 Å². The lowest BCUT2D eigenvalue weighted by Crippen LogP contribution is -2.34. The third kappa shape index (κ3) is 2.60. The van der Waals surface area contributed by atoms with Crippen molar-refractivity contribution < 1.29 is 5.11 Å². The van der Waals surface area contributed by atoms with Crippen LogP contribution in [-0.4, -0.2) is 16.7 Å². The van der Waals surface area contributed by atoms with E-state index in [0.717, 1.165) is 0 Å². The maximum absolute atomic E-state index is 8.70. The molecule has 0 aromatic heterocycles. The molecule has 1 radical (unpaired) electrons. The Hall–Kier alpha value is -0.0800. The highest BCUT2D eigenvalue weighted by molar-refractivity contribution is 4.76. The van der Waals surface area contributed by atoms with Gasteiger partial charge in [-0.1, -0.05) is 0 Å². The molecule has 0 rings (SSSR count). The fourth-order valence-electron chi connectivity index (χ4n) is 0. The van der Waals surface area contributed by atoms with Crippen molar-refractivity contribution in [2.45, 2.75) is 32.4 Å². The van der Waals surface area contributed by atoms with Gasteiger partial charge in [0.2, 0.25) is 0 Å². The van der Waals surface area contributed by atoms with Crippen LogP contribution in [0.15, 0.2) is 0 Å². The van der Waals surface area contributed by atoms with Crippen LogP contribution in [0, 0.1) is 0 Å². The maximum atomic E-state index is 8.70. The molecule has 0 aliphatic carbocycles. The van der Waals surface area contributed by atoms with Crippen molar-refractivity contribution in [2.75, 3.05) is 0 Å². The molecule has 1 atom stereocenters. The fourth-order valence-corrected chi connectivity index (χ4v) is 0. The average molecular weight is 102 g/mol. The molecule has 0 aliphatic heterocycles. The Kier molecular flexibility index (Phi) is 1.78. The van der Waals surface area contributed by atoms with E-state index in [1.54, 1.807) is 20.8 Å². The molecule has 0 amide bonds. The fraction of sp³-hybridized carbons (Fsp3) is 1.00. The van der Waals surface area contributed by atoms with Crippen molar-refractivity contribution in [3.63, 3.8) is 0 Å². The smallest absolute Gasteiger partial charge is 0.0701 e. The molecule has 2 nitrogen and oxygen atoms in total. The highest BCUT2D eigenvalue weighted by Crippen LogP contribution is 2.04. The summed E-state index contributed by atoms with van der Waals surface area (Å²) in [6.07, 6.45) is -0.535. The van der Waals surface area contributed by atoms with Crippen LogP contribution in [0.4, 0.5) is 0 Å². The predicted octanol–water partition coefficient (Wildman–Crippen LogP) is 0.429. The van der Waals surface area contributed by atoms with Gasteiger partial charge in [-0.3, -0.25) is 0 Å². The minimum atomic E-state index is -0.694. The van der Waals surface area contributed by atoms with Crippen LogP contribution in [0.5, 0.6) is 0 Å². The van der Waals surface area contributed by atoms with Crippen LogP contribution in [-0.2, 0) is 0 Å². The van der Waals surface area contributed by atoms with Gasteiger partial charge in [-0.25, -0.2) is 5.73 Å². The molecule has 0 heterocycles. The first-order chi connectivity index (χ1) is 2.94. The first-order valence-corrected chi connectivity index (χ1v) is 2.37. The SMILES string of the molecule is CC(O)C(C)(C)[NH]. The third-order valence-electron chi connectivity index (χ3n) is 1.04. The number of nitrogens with one attached hydrogen (secondary N) is 1.